The van der Waals surface area contributed by atoms with Crippen molar-refractivity contribution in [2.75, 3.05) is 12.4 Å². The van der Waals surface area contributed by atoms with E-state index in [9.17, 15) is 23.2 Å². The van der Waals surface area contributed by atoms with Crippen LogP contribution < -0.4 is 11.1 Å². The van der Waals surface area contributed by atoms with E-state index in [0.717, 1.165) is 23.1 Å². The Kier molecular flexibility index (Phi) is 7.62. The molecule has 3 aromatic carbocycles. The zero-order valence-corrected chi connectivity index (χ0v) is 22.0. The highest BCUT2D eigenvalue weighted by Crippen LogP contribution is 2.38. The molecule has 4 aromatic rings. The Morgan fingerprint density at radius 1 is 1.12 bits per heavy atom. The summed E-state index contributed by atoms with van der Waals surface area (Å²) in [7, 11) is 1.95. The minimum atomic E-state index is -4.81. The molecule has 0 saturated heterocycles. The molecule has 1 aromatic heterocycles. The number of nitrogens with two attached hydrogens (primary N) is 1. The number of nitrogens with one attached hydrogen (secondary N) is 1. The molecule has 11 heteroatoms. The third kappa shape index (κ3) is 5.99. The standard InChI is InChI=1S/C30H26F4N6O/c1-39(22-10-11-22)28(20-7-5-18(16-35)6-8-20)21-9-12-24(31)25(14-21)37-29(41)26-15-27(30(32,33)34)38-40(26)23-4-2-3-19(13-23)17-36/h2-9,12-15,22,28H,10-11,17,36H2,1H3,(H,37,41). The zero-order valence-electron chi connectivity index (χ0n) is 22.0. The smallest absolute Gasteiger partial charge is 0.326 e. The Hall–Kier alpha value is -4.53. The van der Waals surface area contributed by atoms with Crippen molar-refractivity contribution in [2.45, 2.75) is 37.6 Å². The normalized spacial score (nSPS) is 14.1. The fourth-order valence-electron chi connectivity index (χ4n) is 4.78. The molecule has 0 spiro atoms. The summed E-state index contributed by atoms with van der Waals surface area (Å²) in [6, 6.07) is 20.4. The lowest BCUT2D eigenvalue weighted by Crippen LogP contribution is -2.28. The topological polar surface area (TPSA) is 100.0 Å². The molecule has 0 aliphatic heterocycles. The Morgan fingerprint density at radius 2 is 1.83 bits per heavy atom. The van der Waals surface area contributed by atoms with Crippen LogP contribution in [0.4, 0.5) is 23.2 Å². The first-order chi connectivity index (χ1) is 19.6. The predicted octanol–water partition coefficient (Wildman–Crippen LogP) is 5.80. The molecule has 210 valence electrons. The molecule has 1 heterocycles. The number of carbonyl (C=O) groups is 1. The number of alkyl halides is 3. The average molecular weight is 563 g/mol. The van der Waals surface area contributed by atoms with Gasteiger partial charge in [0.15, 0.2) is 5.69 Å². The van der Waals surface area contributed by atoms with Gasteiger partial charge < -0.3 is 11.1 Å². The van der Waals surface area contributed by atoms with Crippen LogP contribution in [-0.2, 0) is 12.7 Å². The fraction of sp³-hybridized carbons (Fsp3) is 0.233. The number of amides is 1. The largest absolute Gasteiger partial charge is 0.435 e. The van der Waals surface area contributed by atoms with Crippen LogP contribution in [0.2, 0.25) is 0 Å². The molecule has 1 unspecified atom stereocenters. The lowest BCUT2D eigenvalue weighted by atomic mass is 9.95. The van der Waals surface area contributed by atoms with Gasteiger partial charge >= 0.3 is 6.18 Å². The second-order valence-electron chi connectivity index (χ2n) is 9.92. The highest BCUT2D eigenvalue weighted by molar-refractivity contribution is 6.03. The second kappa shape index (κ2) is 11.2. The van der Waals surface area contributed by atoms with Gasteiger partial charge in [-0.2, -0.15) is 23.5 Å². The van der Waals surface area contributed by atoms with Crippen molar-refractivity contribution in [3.63, 3.8) is 0 Å². The van der Waals surface area contributed by atoms with Crippen molar-refractivity contribution >= 4 is 11.6 Å². The van der Waals surface area contributed by atoms with Gasteiger partial charge in [-0.25, -0.2) is 9.07 Å². The monoisotopic (exact) mass is 562 g/mol. The van der Waals surface area contributed by atoms with E-state index in [2.05, 4.69) is 21.4 Å². The van der Waals surface area contributed by atoms with Gasteiger partial charge in [0, 0.05) is 18.7 Å². The maximum Gasteiger partial charge on any atom is 0.435 e. The van der Waals surface area contributed by atoms with Gasteiger partial charge in [0.1, 0.15) is 11.5 Å². The molecule has 0 radical (unpaired) electrons. The summed E-state index contributed by atoms with van der Waals surface area (Å²) in [5.74, 6) is -1.71. The molecule has 0 bridgehead atoms. The van der Waals surface area contributed by atoms with Gasteiger partial charge in [-0.3, -0.25) is 9.69 Å². The maximum absolute atomic E-state index is 15.0. The van der Waals surface area contributed by atoms with Gasteiger partial charge in [0.05, 0.1) is 29.0 Å². The minimum absolute atomic E-state index is 0.135. The molecule has 1 aliphatic rings. The van der Waals surface area contributed by atoms with Gasteiger partial charge in [-0.05, 0) is 73.0 Å². The third-order valence-electron chi connectivity index (χ3n) is 7.06. The highest BCUT2D eigenvalue weighted by atomic mass is 19.4. The average Bonchev–Trinajstić information content (AvgIpc) is 3.71. The number of benzene rings is 3. The summed E-state index contributed by atoms with van der Waals surface area (Å²) >= 11 is 0. The summed E-state index contributed by atoms with van der Waals surface area (Å²) in [5, 5.41) is 15.3. The van der Waals surface area contributed by atoms with E-state index in [1.165, 1.54) is 24.3 Å². The van der Waals surface area contributed by atoms with Crippen molar-refractivity contribution in [3.8, 4) is 11.8 Å². The Labute approximate surface area is 233 Å². The van der Waals surface area contributed by atoms with Crippen molar-refractivity contribution in [1.82, 2.24) is 14.7 Å². The van der Waals surface area contributed by atoms with E-state index >= 15 is 4.39 Å². The molecule has 1 aliphatic carbocycles. The lowest BCUT2D eigenvalue weighted by molar-refractivity contribution is -0.141. The van der Waals surface area contributed by atoms with E-state index < -0.39 is 29.3 Å². The van der Waals surface area contributed by atoms with Crippen LogP contribution in [0.15, 0.2) is 72.8 Å². The lowest BCUT2D eigenvalue weighted by Gasteiger charge is -2.29. The van der Waals surface area contributed by atoms with Crippen LogP contribution in [0.3, 0.4) is 0 Å². The number of aromatic nitrogens is 2. The SMILES string of the molecule is CN(C1CC1)C(c1ccc(C#N)cc1)c1ccc(F)c(NC(=O)c2cc(C(F)(F)F)nn2-c2cccc(CN)c2)c1. The molecule has 1 fully saturated rings. The number of nitrogens with zero attached hydrogens (tertiary/aromatic N) is 4. The Morgan fingerprint density at radius 3 is 2.46 bits per heavy atom. The molecule has 5 rings (SSSR count). The van der Waals surface area contributed by atoms with Crippen LogP contribution in [0, 0.1) is 17.1 Å². The predicted molar refractivity (Wildman–Crippen MR) is 145 cm³/mol. The number of rotatable bonds is 8. The van der Waals surface area contributed by atoms with Crippen molar-refractivity contribution in [2.24, 2.45) is 5.73 Å². The Bertz CT molecular complexity index is 1620. The zero-order chi connectivity index (χ0) is 29.3. The first kappa shape index (κ1) is 28.0. The van der Waals surface area contributed by atoms with E-state index in [4.69, 9.17) is 5.73 Å². The first-order valence-electron chi connectivity index (χ1n) is 12.9. The summed E-state index contributed by atoms with van der Waals surface area (Å²) in [6.45, 7) is 0.135. The van der Waals surface area contributed by atoms with Crippen molar-refractivity contribution in [1.29, 1.82) is 5.26 Å². The second-order valence-corrected chi connectivity index (χ2v) is 9.92. The number of carbonyl (C=O) groups excluding carboxylic acids is 1. The van der Waals surface area contributed by atoms with Crippen LogP contribution in [0.5, 0.6) is 0 Å². The number of nitriles is 1. The number of anilines is 1. The van der Waals surface area contributed by atoms with E-state index in [1.807, 2.05) is 19.2 Å². The van der Waals surface area contributed by atoms with Crippen LogP contribution in [0.25, 0.3) is 5.69 Å². The van der Waals surface area contributed by atoms with Gasteiger partial charge in [0.2, 0.25) is 0 Å². The quantitative estimate of drug-likeness (QED) is 0.265. The molecule has 1 amide bonds. The van der Waals surface area contributed by atoms with E-state index in [0.29, 0.717) is 28.8 Å². The van der Waals surface area contributed by atoms with E-state index in [1.54, 1.807) is 30.3 Å². The Balaban J connectivity index is 1.51. The van der Waals surface area contributed by atoms with Gasteiger partial charge in [-0.15, -0.1) is 0 Å². The molecule has 3 N–H and O–H groups in total. The molecule has 41 heavy (non-hydrogen) atoms. The highest BCUT2D eigenvalue weighted by Gasteiger charge is 2.37. The first-order valence-corrected chi connectivity index (χ1v) is 12.9. The molecule has 1 atom stereocenters. The van der Waals surface area contributed by atoms with Crippen molar-refractivity contribution in [3.05, 3.63) is 112 Å². The van der Waals surface area contributed by atoms with Gasteiger partial charge in [0.25, 0.3) is 5.91 Å². The van der Waals surface area contributed by atoms with Crippen LogP contribution in [0.1, 0.15) is 57.3 Å². The van der Waals surface area contributed by atoms with E-state index in [-0.39, 0.29) is 24.0 Å². The number of hydrogen-bond acceptors (Lipinski definition) is 5. The summed E-state index contributed by atoms with van der Waals surface area (Å²) in [5.41, 5.74) is 6.68. The minimum Gasteiger partial charge on any atom is -0.326 e. The summed E-state index contributed by atoms with van der Waals surface area (Å²) in [6.07, 6.45) is -2.80. The summed E-state index contributed by atoms with van der Waals surface area (Å²) < 4.78 is 56.6. The van der Waals surface area contributed by atoms with Gasteiger partial charge in [-0.1, -0.05) is 30.3 Å². The van der Waals surface area contributed by atoms with Crippen molar-refractivity contribution < 1.29 is 22.4 Å². The third-order valence-corrected chi connectivity index (χ3v) is 7.06. The molecule has 7 nitrogen and oxygen atoms in total. The maximum atomic E-state index is 15.0. The fourth-order valence-corrected chi connectivity index (χ4v) is 4.78. The number of hydrogen-bond donors (Lipinski definition) is 2. The number of halogens is 4. The molecular formula is C30H26F4N6O. The summed E-state index contributed by atoms with van der Waals surface area (Å²) in [4.78, 5) is 15.5. The molecule has 1 saturated carbocycles. The molecular weight excluding hydrogens is 536 g/mol. The van der Waals surface area contributed by atoms with Crippen LogP contribution >= 0.6 is 0 Å². The van der Waals surface area contributed by atoms with Crippen LogP contribution in [-0.4, -0.2) is 33.7 Å².